The predicted molar refractivity (Wildman–Crippen MR) is 85.1 cm³/mol. The van der Waals surface area contributed by atoms with Crippen molar-refractivity contribution in [1.29, 1.82) is 0 Å². The van der Waals surface area contributed by atoms with E-state index in [4.69, 9.17) is 11.6 Å². The van der Waals surface area contributed by atoms with Gasteiger partial charge in [0, 0.05) is 30.3 Å². The molecule has 0 bridgehead atoms. The second-order valence-electron chi connectivity index (χ2n) is 4.54. The monoisotopic (exact) mass is 286 g/mol. The van der Waals surface area contributed by atoms with E-state index >= 15 is 0 Å². The summed E-state index contributed by atoms with van der Waals surface area (Å²) in [6.45, 7) is 3.13. The van der Waals surface area contributed by atoms with Crippen LogP contribution in [0.3, 0.4) is 0 Å². The lowest BCUT2D eigenvalue weighted by Crippen LogP contribution is -2.30. The Morgan fingerprint density at radius 1 is 1.44 bits per heavy atom. The molecule has 1 rings (SSSR count). The van der Waals surface area contributed by atoms with Gasteiger partial charge in [0.05, 0.1) is 0 Å². The van der Waals surface area contributed by atoms with Crippen LogP contribution in [-0.2, 0) is 6.54 Å². The summed E-state index contributed by atoms with van der Waals surface area (Å²) in [5.41, 5.74) is 2.52. The maximum absolute atomic E-state index is 6.12. The summed E-state index contributed by atoms with van der Waals surface area (Å²) in [6, 6.07) is 6.64. The van der Waals surface area contributed by atoms with Crippen molar-refractivity contribution in [3.05, 3.63) is 28.8 Å². The van der Waals surface area contributed by atoms with E-state index in [1.54, 1.807) is 0 Å². The van der Waals surface area contributed by atoms with Crippen LogP contribution in [-0.4, -0.2) is 32.1 Å². The van der Waals surface area contributed by atoms with E-state index in [0.717, 1.165) is 11.6 Å². The summed E-state index contributed by atoms with van der Waals surface area (Å²) in [7, 11) is 4.12. The van der Waals surface area contributed by atoms with Gasteiger partial charge in [-0.15, -0.1) is 0 Å². The molecule has 0 aliphatic rings. The van der Waals surface area contributed by atoms with E-state index in [9.17, 15) is 0 Å². The van der Waals surface area contributed by atoms with Gasteiger partial charge in [0.1, 0.15) is 0 Å². The minimum absolute atomic E-state index is 0.520. The molecule has 1 aromatic rings. The highest BCUT2D eigenvalue weighted by Gasteiger charge is 2.13. The first-order valence-electron chi connectivity index (χ1n) is 6.25. The Morgan fingerprint density at radius 3 is 2.78 bits per heavy atom. The molecule has 0 saturated heterocycles. The van der Waals surface area contributed by atoms with Gasteiger partial charge in [-0.3, -0.25) is 0 Å². The first kappa shape index (κ1) is 15.7. The number of benzene rings is 1. The molecule has 0 aliphatic carbocycles. The second-order valence-corrected chi connectivity index (χ2v) is 5.97. The number of hydrogen-bond donors (Lipinski definition) is 1. The van der Waals surface area contributed by atoms with Gasteiger partial charge < -0.3 is 10.2 Å². The maximum Gasteiger partial charge on any atom is 0.0426 e. The smallest absolute Gasteiger partial charge is 0.0426 e. The van der Waals surface area contributed by atoms with Crippen LogP contribution in [0.25, 0.3) is 0 Å². The van der Waals surface area contributed by atoms with Crippen LogP contribution < -0.4 is 10.2 Å². The van der Waals surface area contributed by atoms with Crippen LogP contribution in [0.4, 0.5) is 5.69 Å². The fraction of sp³-hybridized carbons (Fsp3) is 0.571. The molecule has 1 atom stereocenters. The van der Waals surface area contributed by atoms with Crippen LogP contribution >= 0.6 is 23.4 Å². The number of nitrogens with zero attached hydrogens (tertiary/aromatic N) is 1. The van der Waals surface area contributed by atoms with Crippen LogP contribution in [0.5, 0.6) is 0 Å². The number of halogens is 1. The summed E-state index contributed by atoms with van der Waals surface area (Å²) in [4.78, 5) is 2.33. The van der Waals surface area contributed by atoms with E-state index < -0.39 is 0 Å². The van der Waals surface area contributed by atoms with Gasteiger partial charge >= 0.3 is 0 Å². The van der Waals surface area contributed by atoms with Crippen molar-refractivity contribution in [3.8, 4) is 0 Å². The number of anilines is 1. The van der Waals surface area contributed by atoms with E-state index in [2.05, 4.69) is 42.6 Å². The Kier molecular flexibility index (Phi) is 6.90. The van der Waals surface area contributed by atoms with E-state index in [1.165, 1.54) is 23.4 Å². The lowest BCUT2D eigenvalue weighted by atomic mass is 10.1. The predicted octanol–water partition coefficient (Wildman–Crippen LogP) is 3.64. The van der Waals surface area contributed by atoms with Crippen LogP contribution in [0.1, 0.15) is 18.9 Å². The second kappa shape index (κ2) is 7.93. The van der Waals surface area contributed by atoms with Gasteiger partial charge in [0.25, 0.3) is 0 Å². The number of rotatable bonds is 7. The van der Waals surface area contributed by atoms with Crippen molar-refractivity contribution in [3.63, 3.8) is 0 Å². The highest BCUT2D eigenvalue weighted by atomic mass is 35.5. The molecular weight excluding hydrogens is 264 g/mol. The van der Waals surface area contributed by atoms with Crippen molar-refractivity contribution in [2.75, 3.05) is 31.0 Å². The number of hydrogen-bond acceptors (Lipinski definition) is 3. The Balaban J connectivity index is 2.87. The van der Waals surface area contributed by atoms with E-state index in [0.29, 0.717) is 6.04 Å². The third-order valence-corrected chi connectivity index (χ3v) is 4.07. The van der Waals surface area contributed by atoms with Crippen molar-refractivity contribution < 1.29 is 0 Å². The molecule has 0 fully saturated rings. The standard InChI is InChI=1S/C14H23ClN2S/c1-11(7-8-18-4)17(3)14-9-13(15)6-5-12(14)10-16-2/h5-6,9,11,16H,7-8,10H2,1-4H3. The fourth-order valence-corrected chi connectivity index (χ4v) is 2.67. The quantitative estimate of drug-likeness (QED) is 0.824. The average Bonchev–Trinajstić information content (AvgIpc) is 2.37. The summed E-state index contributed by atoms with van der Waals surface area (Å²) in [5, 5.41) is 4.01. The highest BCUT2D eigenvalue weighted by Crippen LogP contribution is 2.26. The highest BCUT2D eigenvalue weighted by molar-refractivity contribution is 7.98. The van der Waals surface area contributed by atoms with Crippen molar-refractivity contribution in [2.45, 2.75) is 25.9 Å². The first-order chi connectivity index (χ1) is 8.60. The van der Waals surface area contributed by atoms with Crippen molar-refractivity contribution in [2.24, 2.45) is 0 Å². The number of nitrogens with one attached hydrogen (secondary N) is 1. The summed E-state index contributed by atoms with van der Waals surface area (Å²) >= 11 is 8.01. The zero-order chi connectivity index (χ0) is 13.5. The SMILES string of the molecule is CNCc1ccc(Cl)cc1N(C)C(C)CCSC. The number of thioether (sulfide) groups is 1. The summed E-state index contributed by atoms with van der Waals surface area (Å²) in [6.07, 6.45) is 3.34. The normalized spacial score (nSPS) is 12.5. The van der Waals surface area contributed by atoms with Crippen molar-refractivity contribution >= 4 is 29.1 Å². The van der Waals surface area contributed by atoms with Gasteiger partial charge in [-0.25, -0.2) is 0 Å². The molecule has 0 spiro atoms. The summed E-state index contributed by atoms with van der Waals surface area (Å²) < 4.78 is 0. The molecule has 0 aromatic heterocycles. The molecule has 0 radical (unpaired) electrons. The van der Waals surface area contributed by atoms with Gasteiger partial charge in [0.15, 0.2) is 0 Å². The molecule has 102 valence electrons. The Morgan fingerprint density at radius 2 is 2.17 bits per heavy atom. The molecule has 0 saturated carbocycles. The van der Waals surface area contributed by atoms with E-state index in [1.807, 2.05) is 24.9 Å². The zero-order valence-electron chi connectivity index (χ0n) is 11.7. The third-order valence-electron chi connectivity index (χ3n) is 3.20. The van der Waals surface area contributed by atoms with Gasteiger partial charge in [-0.1, -0.05) is 17.7 Å². The molecule has 0 aliphatic heterocycles. The Labute approximate surface area is 120 Å². The molecule has 1 N–H and O–H groups in total. The molecule has 1 aromatic carbocycles. The van der Waals surface area contributed by atoms with Gasteiger partial charge in [0.2, 0.25) is 0 Å². The Hall–Kier alpha value is -0.380. The third kappa shape index (κ3) is 4.38. The first-order valence-corrected chi connectivity index (χ1v) is 8.02. The minimum atomic E-state index is 0.520. The topological polar surface area (TPSA) is 15.3 Å². The van der Waals surface area contributed by atoms with Crippen LogP contribution in [0.2, 0.25) is 5.02 Å². The molecular formula is C14H23ClN2S. The van der Waals surface area contributed by atoms with Crippen LogP contribution in [0.15, 0.2) is 18.2 Å². The Bertz CT molecular complexity index is 371. The fourth-order valence-electron chi connectivity index (χ4n) is 1.92. The lowest BCUT2D eigenvalue weighted by Gasteiger charge is -2.29. The molecule has 0 heterocycles. The van der Waals surface area contributed by atoms with Crippen LogP contribution in [0, 0.1) is 0 Å². The van der Waals surface area contributed by atoms with Gasteiger partial charge in [-0.2, -0.15) is 11.8 Å². The van der Waals surface area contributed by atoms with Crippen molar-refractivity contribution in [1.82, 2.24) is 5.32 Å². The average molecular weight is 287 g/mol. The molecule has 18 heavy (non-hydrogen) atoms. The minimum Gasteiger partial charge on any atom is -0.372 e. The molecule has 2 nitrogen and oxygen atoms in total. The lowest BCUT2D eigenvalue weighted by molar-refractivity contribution is 0.664. The maximum atomic E-state index is 6.12. The molecule has 0 amide bonds. The summed E-state index contributed by atoms with van der Waals surface area (Å²) in [5.74, 6) is 1.19. The van der Waals surface area contributed by atoms with Gasteiger partial charge in [-0.05, 0) is 50.1 Å². The molecule has 4 heteroatoms. The molecule has 1 unspecified atom stereocenters. The zero-order valence-corrected chi connectivity index (χ0v) is 13.2. The largest absolute Gasteiger partial charge is 0.372 e. The van der Waals surface area contributed by atoms with E-state index in [-0.39, 0.29) is 0 Å².